The van der Waals surface area contributed by atoms with E-state index in [9.17, 15) is 18.0 Å². The lowest BCUT2D eigenvalue weighted by Crippen LogP contribution is -2.15. The van der Waals surface area contributed by atoms with E-state index < -0.39 is 12.0 Å². The van der Waals surface area contributed by atoms with Crippen molar-refractivity contribution in [3.05, 3.63) is 59.9 Å². The van der Waals surface area contributed by atoms with Gasteiger partial charge in [-0.15, -0.1) is 0 Å². The van der Waals surface area contributed by atoms with Gasteiger partial charge in [-0.2, -0.15) is 13.2 Å². The van der Waals surface area contributed by atoms with Gasteiger partial charge in [-0.3, -0.25) is 4.79 Å². The number of alkyl halides is 3. The van der Waals surface area contributed by atoms with Crippen LogP contribution in [0.25, 0.3) is 10.9 Å². The average Bonchev–Trinajstić information content (AvgIpc) is 2.60. The highest BCUT2D eigenvalue weighted by Gasteiger charge is 2.35. The molecule has 26 heavy (non-hydrogen) atoms. The zero-order valence-corrected chi connectivity index (χ0v) is 14.5. The van der Waals surface area contributed by atoms with E-state index in [-0.39, 0.29) is 22.2 Å². The Kier molecular flexibility index (Phi) is 5.13. The second kappa shape index (κ2) is 7.33. The van der Waals surface area contributed by atoms with Gasteiger partial charge in [0.2, 0.25) is 11.7 Å². The number of nitrogens with one attached hydrogen (secondary N) is 1. The number of anilines is 1. The van der Waals surface area contributed by atoms with Gasteiger partial charge in [0.1, 0.15) is 5.03 Å². The van der Waals surface area contributed by atoms with Crippen LogP contribution in [-0.2, 0) is 11.0 Å². The average molecular weight is 377 g/mol. The molecule has 0 saturated carbocycles. The molecule has 134 valence electrons. The molecule has 0 aliphatic heterocycles. The van der Waals surface area contributed by atoms with Crippen LogP contribution in [0, 0.1) is 6.92 Å². The maximum atomic E-state index is 13.0. The van der Waals surface area contributed by atoms with Gasteiger partial charge in [0.25, 0.3) is 0 Å². The molecule has 8 heteroatoms. The van der Waals surface area contributed by atoms with Gasteiger partial charge >= 0.3 is 6.18 Å². The van der Waals surface area contributed by atoms with Crippen LogP contribution in [0.15, 0.2) is 53.6 Å². The number of benzene rings is 2. The summed E-state index contributed by atoms with van der Waals surface area (Å²) in [5.74, 6) is -1.60. The molecule has 3 rings (SSSR count). The first-order valence-corrected chi connectivity index (χ1v) is 8.65. The molecule has 0 atom stereocenters. The Morgan fingerprint density at radius 1 is 1.08 bits per heavy atom. The highest BCUT2D eigenvalue weighted by molar-refractivity contribution is 8.00. The maximum absolute atomic E-state index is 13.0. The van der Waals surface area contributed by atoms with E-state index in [2.05, 4.69) is 15.3 Å². The van der Waals surface area contributed by atoms with E-state index in [0.717, 1.165) is 17.3 Å². The Morgan fingerprint density at radius 2 is 1.77 bits per heavy atom. The fourth-order valence-electron chi connectivity index (χ4n) is 2.25. The maximum Gasteiger partial charge on any atom is 0.451 e. The van der Waals surface area contributed by atoms with E-state index in [0.29, 0.717) is 11.1 Å². The molecule has 1 N–H and O–H groups in total. The van der Waals surface area contributed by atoms with Gasteiger partial charge in [0, 0.05) is 11.1 Å². The summed E-state index contributed by atoms with van der Waals surface area (Å²) in [6.07, 6.45) is -4.65. The fraction of sp³-hybridized carbons (Fsp3) is 0.167. The van der Waals surface area contributed by atoms with E-state index in [1.54, 1.807) is 30.3 Å². The molecular formula is C18H14F3N3OS. The molecule has 0 bridgehead atoms. The Hall–Kier alpha value is -2.61. The summed E-state index contributed by atoms with van der Waals surface area (Å²) in [6, 6.07) is 13.7. The summed E-state index contributed by atoms with van der Waals surface area (Å²) in [7, 11) is 0. The van der Waals surface area contributed by atoms with Crippen LogP contribution in [0.2, 0.25) is 0 Å². The minimum absolute atomic E-state index is 0.0633. The number of aromatic nitrogens is 2. The van der Waals surface area contributed by atoms with Crippen molar-refractivity contribution in [3.8, 4) is 0 Å². The van der Waals surface area contributed by atoms with Crippen LogP contribution in [0.1, 0.15) is 11.4 Å². The summed E-state index contributed by atoms with van der Waals surface area (Å²) in [4.78, 5) is 19.3. The summed E-state index contributed by atoms with van der Waals surface area (Å²) in [6.45, 7) is 1.93. The number of nitrogens with zero attached hydrogens (tertiary/aromatic N) is 2. The third kappa shape index (κ3) is 4.32. The third-order valence-corrected chi connectivity index (χ3v) is 4.49. The fourth-order valence-corrected chi connectivity index (χ4v) is 3.07. The predicted molar refractivity (Wildman–Crippen MR) is 95.1 cm³/mol. The summed E-state index contributed by atoms with van der Waals surface area (Å²) >= 11 is 0.948. The molecule has 0 spiro atoms. The van der Waals surface area contributed by atoms with Crippen molar-refractivity contribution in [1.29, 1.82) is 0 Å². The number of rotatable bonds is 4. The number of hydrogen-bond acceptors (Lipinski definition) is 4. The molecule has 3 aromatic rings. The molecule has 4 nitrogen and oxygen atoms in total. The second-order valence-corrected chi connectivity index (χ2v) is 6.53. The lowest BCUT2D eigenvalue weighted by molar-refractivity contribution is -0.145. The molecule has 1 amide bonds. The number of halogens is 3. The quantitative estimate of drug-likeness (QED) is 0.529. The lowest BCUT2D eigenvalue weighted by atomic mass is 10.2. The van der Waals surface area contributed by atoms with Crippen molar-refractivity contribution in [3.63, 3.8) is 0 Å². The first kappa shape index (κ1) is 18.2. The smallest absolute Gasteiger partial charge is 0.325 e. The number of para-hydroxylation sites is 1. The van der Waals surface area contributed by atoms with Crippen LogP contribution in [-0.4, -0.2) is 21.6 Å². The normalized spacial score (nSPS) is 11.5. The third-order valence-electron chi connectivity index (χ3n) is 3.50. The van der Waals surface area contributed by atoms with Crippen molar-refractivity contribution >= 4 is 34.3 Å². The number of thioether (sulfide) groups is 1. The number of aryl methyl sites for hydroxylation is 1. The first-order valence-electron chi connectivity index (χ1n) is 7.66. The molecular weight excluding hydrogens is 363 g/mol. The first-order chi connectivity index (χ1) is 12.3. The Balaban J connectivity index is 1.79. The minimum atomic E-state index is -4.65. The van der Waals surface area contributed by atoms with Gasteiger partial charge in [-0.1, -0.05) is 47.7 Å². The van der Waals surface area contributed by atoms with Crippen molar-refractivity contribution < 1.29 is 18.0 Å². The molecule has 0 aliphatic carbocycles. The van der Waals surface area contributed by atoms with Crippen LogP contribution in [0.4, 0.5) is 18.9 Å². The zero-order valence-electron chi connectivity index (χ0n) is 13.7. The van der Waals surface area contributed by atoms with E-state index in [4.69, 9.17) is 0 Å². The Labute approximate surface area is 151 Å². The van der Waals surface area contributed by atoms with Crippen molar-refractivity contribution in [1.82, 2.24) is 9.97 Å². The topological polar surface area (TPSA) is 54.9 Å². The number of fused-ring (bicyclic) bond motifs is 1. The number of carbonyl (C=O) groups excluding carboxylic acids is 1. The molecule has 0 radical (unpaired) electrons. The largest absolute Gasteiger partial charge is 0.451 e. The second-order valence-electron chi connectivity index (χ2n) is 5.57. The Morgan fingerprint density at radius 3 is 2.46 bits per heavy atom. The van der Waals surface area contributed by atoms with Crippen molar-refractivity contribution in [2.75, 3.05) is 11.1 Å². The van der Waals surface area contributed by atoms with Gasteiger partial charge in [0.05, 0.1) is 11.3 Å². The van der Waals surface area contributed by atoms with E-state index >= 15 is 0 Å². The Bertz CT molecular complexity index is 943. The van der Waals surface area contributed by atoms with Crippen LogP contribution in [0.3, 0.4) is 0 Å². The predicted octanol–water partition coefficient (Wildman–Crippen LogP) is 4.69. The van der Waals surface area contributed by atoms with Crippen LogP contribution >= 0.6 is 11.8 Å². The number of carbonyl (C=O) groups is 1. The van der Waals surface area contributed by atoms with E-state index in [1.807, 2.05) is 19.1 Å². The monoisotopic (exact) mass is 377 g/mol. The zero-order chi connectivity index (χ0) is 18.7. The lowest BCUT2D eigenvalue weighted by Gasteiger charge is -2.10. The SMILES string of the molecule is Cc1ccc(NC(=O)CSc2nc(C(F)(F)F)nc3ccccc23)cc1. The van der Waals surface area contributed by atoms with Crippen molar-refractivity contribution in [2.45, 2.75) is 18.1 Å². The van der Waals surface area contributed by atoms with Crippen LogP contribution in [0.5, 0.6) is 0 Å². The van der Waals surface area contributed by atoms with Gasteiger partial charge < -0.3 is 5.32 Å². The standard InChI is InChI=1S/C18H14F3N3OS/c1-11-6-8-12(9-7-11)22-15(25)10-26-16-13-4-2-3-5-14(13)23-17(24-16)18(19,20)21/h2-9H,10H2,1H3,(H,22,25). The molecule has 0 unspecified atom stereocenters. The minimum Gasteiger partial charge on any atom is -0.325 e. The summed E-state index contributed by atoms with van der Waals surface area (Å²) in [5, 5.41) is 3.31. The number of hydrogen-bond donors (Lipinski definition) is 1. The number of amides is 1. The molecule has 2 aromatic carbocycles. The van der Waals surface area contributed by atoms with Crippen molar-refractivity contribution in [2.24, 2.45) is 0 Å². The molecule has 1 aromatic heterocycles. The highest BCUT2D eigenvalue weighted by Crippen LogP contribution is 2.32. The highest BCUT2D eigenvalue weighted by atomic mass is 32.2. The van der Waals surface area contributed by atoms with Gasteiger partial charge in [-0.25, -0.2) is 9.97 Å². The molecule has 1 heterocycles. The summed E-state index contributed by atoms with van der Waals surface area (Å²) in [5.41, 5.74) is 1.88. The summed E-state index contributed by atoms with van der Waals surface area (Å²) < 4.78 is 39.0. The van der Waals surface area contributed by atoms with Crippen LogP contribution < -0.4 is 5.32 Å². The molecule has 0 fully saturated rings. The van der Waals surface area contributed by atoms with Gasteiger partial charge in [-0.05, 0) is 25.1 Å². The molecule has 0 saturated heterocycles. The van der Waals surface area contributed by atoms with E-state index in [1.165, 1.54) is 6.07 Å². The van der Waals surface area contributed by atoms with Gasteiger partial charge in [0.15, 0.2) is 0 Å². The molecule has 0 aliphatic rings.